The number of hydrogen-bond acceptors (Lipinski definition) is 0. The molecular formula is C21H30Tc. The summed E-state index contributed by atoms with van der Waals surface area (Å²) in [5, 5.41) is 0. The number of hydrogen-bond donors (Lipinski definition) is 0. The summed E-state index contributed by atoms with van der Waals surface area (Å²) in [6, 6.07) is 6.62. The van der Waals surface area contributed by atoms with Crippen LogP contribution >= 0.6 is 0 Å². The third kappa shape index (κ3) is 4.80. The molecule has 0 amide bonds. The molecule has 1 radical (unpaired) electrons. The maximum absolute atomic E-state index is 2.26. The summed E-state index contributed by atoms with van der Waals surface area (Å²) < 4.78 is 0. The van der Waals surface area contributed by atoms with Crippen LogP contribution in [0.3, 0.4) is 0 Å². The van der Waals surface area contributed by atoms with E-state index in [1.54, 1.807) is 0 Å². The van der Waals surface area contributed by atoms with Gasteiger partial charge in [0, 0.05) is 20.1 Å². The van der Waals surface area contributed by atoms with Crippen molar-refractivity contribution in [1.29, 1.82) is 0 Å². The molecule has 2 aromatic rings. The van der Waals surface area contributed by atoms with Crippen molar-refractivity contribution in [2.75, 3.05) is 0 Å². The minimum atomic E-state index is 0. The predicted molar refractivity (Wildman–Crippen MR) is 95.5 cm³/mol. The van der Waals surface area contributed by atoms with E-state index in [9.17, 15) is 0 Å². The second kappa shape index (κ2) is 8.65. The molecule has 0 aliphatic rings. The van der Waals surface area contributed by atoms with Gasteiger partial charge in [-0.3, -0.25) is 0 Å². The summed E-state index contributed by atoms with van der Waals surface area (Å²) in [6.07, 6.45) is 0. The molecule has 0 bridgehead atoms. The fourth-order valence-corrected chi connectivity index (χ4v) is 2.51. The van der Waals surface area contributed by atoms with Crippen molar-refractivity contribution in [3.05, 3.63) is 68.3 Å². The molecule has 0 aliphatic carbocycles. The molecule has 2 aromatic carbocycles. The molecule has 0 saturated heterocycles. The third-order valence-electron chi connectivity index (χ3n) is 5.07. The van der Waals surface area contributed by atoms with Gasteiger partial charge in [0.1, 0.15) is 0 Å². The van der Waals surface area contributed by atoms with E-state index in [0.717, 1.165) is 0 Å². The molecule has 0 aliphatic heterocycles. The molecule has 2 rings (SSSR count). The molecule has 0 saturated carbocycles. The van der Waals surface area contributed by atoms with Crippen LogP contribution in [-0.4, -0.2) is 0 Å². The Balaban J connectivity index is 0.000000385. The second-order valence-electron chi connectivity index (χ2n) is 6.33. The molecule has 0 heterocycles. The summed E-state index contributed by atoms with van der Waals surface area (Å²) in [5.41, 5.74) is 12.8. The van der Waals surface area contributed by atoms with Gasteiger partial charge < -0.3 is 0 Å². The normalized spacial score (nSPS) is 9.68. The van der Waals surface area contributed by atoms with Gasteiger partial charge >= 0.3 is 0 Å². The first-order valence-electron chi connectivity index (χ1n) is 7.74. The average Bonchev–Trinajstić information content (AvgIpc) is 2.45. The molecule has 0 unspecified atom stereocenters. The van der Waals surface area contributed by atoms with Crippen molar-refractivity contribution >= 4 is 0 Å². The zero-order valence-corrected chi connectivity index (χ0v) is 17.5. The first-order valence-corrected chi connectivity index (χ1v) is 7.74. The van der Waals surface area contributed by atoms with Crippen LogP contribution in [0.15, 0.2) is 18.2 Å². The van der Waals surface area contributed by atoms with Gasteiger partial charge in [0.2, 0.25) is 0 Å². The van der Waals surface area contributed by atoms with Crippen LogP contribution in [0.2, 0.25) is 0 Å². The molecule has 0 fully saturated rings. The van der Waals surface area contributed by atoms with Crippen molar-refractivity contribution in [1.82, 2.24) is 0 Å². The van der Waals surface area contributed by atoms with Gasteiger partial charge in [-0.15, -0.1) is 0 Å². The van der Waals surface area contributed by atoms with Gasteiger partial charge in [0.25, 0.3) is 0 Å². The molecular weight excluding hydrogens is 350 g/mol. The maximum Gasteiger partial charge on any atom is 0 e. The molecule has 121 valence electrons. The largest absolute Gasteiger partial charge is 0.0588 e. The molecule has 0 atom stereocenters. The standard InChI is InChI=1S/C11H16.C10H14.Tc/c1-7-6-8(2)10(4)11(5)9(7)3;1-7-5-6-8(2)10(4)9(7)3;/h6H,1-5H3;5-6H,1-4H3;. The smallest absolute Gasteiger partial charge is 0 e. The van der Waals surface area contributed by atoms with Crippen molar-refractivity contribution in [2.45, 2.75) is 62.3 Å². The van der Waals surface area contributed by atoms with E-state index in [4.69, 9.17) is 0 Å². The SMILES string of the molecule is Cc1cc(C)c(C)c(C)c1C.Cc1ccc(C)c(C)c1C.[Tc]. The Labute approximate surface area is 150 Å². The fraction of sp³-hybridized carbons (Fsp3) is 0.429. The summed E-state index contributed by atoms with van der Waals surface area (Å²) in [6.45, 7) is 19.6. The number of benzene rings is 2. The van der Waals surface area contributed by atoms with E-state index in [2.05, 4.69) is 80.5 Å². The Hall–Kier alpha value is -0.911. The molecule has 1 heteroatoms. The Morgan fingerprint density at radius 1 is 0.409 bits per heavy atom. The van der Waals surface area contributed by atoms with Crippen LogP contribution < -0.4 is 0 Å². The Kier molecular flexibility index (Phi) is 8.29. The quantitative estimate of drug-likeness (QED) is 0.514. The Morgan fingerprint density at radius 2 is 0.682 bits per heavy atom. The monoisotopic (exact) mass is 379 g/mol. The van der Waals surface area contributed by atoms with E-state index in [-0.39, 0.29) is 20.1 Å². The van der Waals surface area contributed by atoms with Gasteiger partial charge in [-0.2, -0.15) is 0 Å². The van der Waals surface area contributed by atoms with Gasteiger partial charge in [-0.05, 0) is 112 Å². The van der Waals surface area contributed by atoms with Crippen LogP contribution in [-0.2, 0) is 20.1 Å². The fourth-order valence-electron chi connectivity index (χ4n) is 2.51. The van der Waals surface area contributed by atoms with Crippen LogP contribution in [0.25, 0.3) is 0 Å². The third-order valence-corrected chi connectivity index (χ3v) is 5.07. The van der Waals surface area contributed by atoms with Crippen LogP contribution in [0, 0.1) is 62.3 Å². The first kappa shape index (κ1) is 21.1. The van der Waals surface area contributed by atoms with Crippen molar-refractivity contribution in [3.63, 3.8) is 0 Å². The van der Waals surface area contributed by atoms with Gasteiger partial charge in [-0.25, -0.2) is 0 Å². The summed E-state index contributed by atoms with van der Waals surface area (Å²) >= 11 is 0. The first-order chi connectivity index (χ1) is 9.66. The average molecular weight is 380 g/mol. The van der Waals surface area contributed by atoms with E-state index < -0.39 is 0 Å². The van der Waals surface area contributed by atoms with E-state index in [1.165, 1.54) is 50.1 Å². The summed E-state index contributed by atoms with van der Waals surface area (Å²) in [7, 11) is 0. The number of rotatable bonds is 0. The van der Waals surface area contributed by atoms with Crippen molar-refractivity contribution < 1.29 is 20.1 Å². The summed E-state index contributed by atoms with van der Waals surface area (Å²) in [4.78, 5) is 0. The van der Waals surface area contributed by atoms with Crippen LogP contribution in [0.4, 0.5) is 0 Å². The predicted octanol–water partition coefficient (Wildman–Crippen LogP) is 6.15. The zero-order chi connectivity index (χ0) is 16.3. The van der Waals surface area contributed by atoms with Gasteiger partial charge in [-0.1, -0.05) is 18.2 Å². The van der Waals surface area contributed by atoms with Crippen molar-refractivity contribution in [2.24, 2.45) is 0 Å². The van der Waals surface area contributed by atoms with Crippen LogP contribution in [0.1, 0.15) is 50.1 Å². The maximum atomic E-state index is 2.26. The Morgan fingerprint density at radius 3 is 1.00 bits per heavy atom. The topological polar surface area (TPSA) is 0 Å². The van der Waals surface area contributed by atoms with Gasteiger partial charge in [0.15, 0.2) is 0 Å². The molecule has 0 spiro atoms. The summed E-state index contributed by atoms with van der Waals surface area (Å²) in [5.74, 6) is 0. The minimum absolute atomic E-state index is 0. The van der Waals surface area contributed by atoms with E-state index in [1.807, 2.05) is 0 Å². The zero-order valence-electron chi connectivity index (χ0n) is 15.6. The number of aryl methyl sites for hydroxylation is 4. The Bertz CT molecular complexity index is 598. The molecule has 22 heavy (non-hydrogen) atoms. The second-order valence-corrected chi connectivity index (χ2v) is 6.33. The molecule has 0 N–H and O–H groups in total. The molecule has 0 aromatic heterocycles. The van der Waals surface area contributed by atoms with E-state index >= 15 is 0 Å². The van der Waals surface area contributed by atoms with E-state index in [0.29, 0.717) is 0 Å². The molecule has 0 nitrogen and oxygen atoms in total. The minimum Gasteiger partial charge on any atom is -0.0588 e. The van der Waals surface area contributed by atoms with Crippen molar-refractivity contribution in [3.8, 4) is 0 Å². The van der Waals surface area contributed by atoms with Crippen LogP contribution in [0.5, 0.6) is 0 Å². The van der Waals surface area contributed by atoms with Gasteiger partial charge in [0.05, 0.1) is 0 Å².